The Kier molecular flexibility index (Phi) is 8.35. The summed E-state index contributed by atoms with van der Waals surface area (Å²) in [6.45, 7) is 4.75. The van der Waals surface area contributed by atoms with Crippen molar-refractivity contribution in [2.45, 2.75) is 81.1 Å². The van der Waals surface area contributed by atoms with Gasteiger partial charge in [-0.25, -0.2) is 0 Å². The number of carbonyl (C=O) groups excluding carboxylic acids is 1. The van der Waals surface area contributed by atoms with E-state index in [1.54, 1.807) is 13.2 Å². The number of hydrogen-bond donors (Lipinski definition) is 5. The Hall–Kier alpha value is -0.420. The molecular formula is C18H35N3O5S. The van der Waals surface area contributed by atoms with Gasteiger partial charge in [0.15, 0.2) is 0 Å². The van der Waals surface area contributed by atoms with Crippen LogP contribution in [0.25, 0.3) is 0 Å². The Balaban J connectivity index is 2.09. The third kappa shape index (κ3) is 5.14. The molecule has 2 heterocycles. The Bertz CT molecular complexity index is 496. The maximum absolute atomic E-state index is 12.9. The maximum atomic E-state index is 12.9. The summed E-state index contributed by atoms with van der Waals surface area (Å²) in [6.07, 6.45) is -0.0747. The first-order valence-electron chi connectivity index (χ1n) is 9.69. The molecule has 0 bridgehead atoms. The average molecular weight is 406 g/mol. The number of likely N-dealkylation sites (tertiary alicyclic amines) is 1. The van der Waals surface area contributed by atoms with Crippen LogP contribution in [0.15, 0.2) is 0 Å². The first-order chi connectivity index (χ1) is 12.7. The molecule has 2 aliphatic rings. The molecule has 0 saturated carbocycles. The number of thioether (sulfide) groups is 1. The van der Waals surface area contributed by atoms with Gasteiger partial charge in [-0.1, -0.05) is 13.3 Å². The zero-order chi connectivity index (χ0) is 20.3. The minimum absolute atomic E-state index is 0.143. The van der Waals surface area contributed by atoms with E-state index < -0.39 is 41.9 Å². The summed E-state index contributed by atoms with van der Waals surface area (Å²) in [5.74, 6) is 0.356. The van der Waals surface area contributed by atoms with Crippen LogP contribution in [-0.4, -0.2) is 94.0 Å². The van der Waals surface area contributed by atoms with Gasteiger partial charge >= 0.3 is 0 Å². The van der Waals surface area contributed by atoms with E-state index >= 15 is 0 Å². The molecule has 8 nitrogen and oxygen atoms in total. The molecule has 0 aromatic rings. The summed E-state index contributed by atoms with van der Waals surface area (Å²) in [6, 6.07) is -1.42. The number of nitrogens with zero attached hydrogens (tertiary/aromatic N) is 1. The van der Waals surface area contributed by atoms with Gasteiger partial charge in [-0.2, -0.15) is 0 Å². The number of nitrogens with one attached hydrogen (secondary N) is 1. The second-order valence-electron chi connectivity index (χ2n) is 7.92. The van der Waals surface area contributed by atoms with Gasteiger partial charge in [-0.3, -0.25) is 9.69 Å². The number of carbonyl (C=O) groups is 1. The summed E-state index contributed by atoms with van der Waals surface area (Å²) < 4.78 is 5.80. The lowest BCUT2D eigenvalue weighted by molar-refractivity contribution is -0.206. The number of likely N-dealkylation sites (N-methyl/N-ethyl adjacent to an activating group) is 1. The maximum Gasteiger partial charge on any atom is 0.237 e. The molecule has 1 amide bonds. The smallest absolute Gasteiger partial charge is 0.237 e. The molecule has 2 aliphatic heterocycles. The lowest BCUT2D eigenvalue weighted by Crippen LogP contribution is -2.66. The molecule has 9 atom stereocenters. The normalized spacial score (nSPS) is 39.9. The summed E-state index contributed by atoms with van der Waals surface area (Å²) in [4.78, 5) is 15.0. The third-order valence-electron chi connectivity index (χ3n) is 5.70. The zero-order valence-electron chi connectivity index (χ0n) is 16.6. The predicted octanol–water partition coefficient (Wildman–Crippen LogP) is -0.891. The Morgan fingerprint density at radius 3 is 2.56 bits per heavy atom. The number of rotatable bonds is 7. The summed E-state index contributed by atoms with van der Waals surface area (Å²) in [7, 11) is 1.94. The van der Waals surface area contributed by atoms with Crippen molar-refractivity contribution in [3.63, 3.8) is 0 Å². The van der Waals surface area contributed by atoms with E-state index in [0.717, 1.165) is 25.8 Å². The summed E-state index contributed by atoms with van der Waals surface area (Å²) in [5, 5.41) is 33.6. The van der Waals surface area contributed by atoms with Gasteiger partial charge in [-0.15, -0.1) is 11.8 Å². The molecule has 0 aromatic carbocycles. The molecule has 0 aliphatic carbocycles. The molecule has 0 spiro atoms. The Morgan fingerprint density at radius 1 is 1.33 bits per heavy atom. The van der Waals surface area contributed by atoms with E-state index in [1.807, 2.05) is 7.05 Å². The number of ether oxygens (including phenoxy) is 1. The number of hydrogen-bond acceptors (Lipinski definition) is 8. The van der Waals surface area contributed by atoms with Crippen molar-refractivity contribution in [3.05, 3.63) is 0 Å². The van der Waals surface area contributed by atoms with Crippen LogP contribution in [0.1, 0.15) is 33.1 Å². The van der Waals surface area contributed by atoms with Crippen molar-refractivity contribution in [2.75, 3.05) is 19.8 Å². The Morgan fingerprint density at radius 2 is 2.00 bits per heavy atom. The van der Waals surface area contributed by atoms with Crippen molar-refractivity contribution in [1.29, 1.82) is 0 Å². The molecule has 2 saturated heterocycles. The second-order valence-corrected chi connectivity index (χ2v) is 8.85. The van der Waals surface area contributed by atoms with Crippen molar-refractivity contribution in [3.8, 4) is 0 Å². The first kappa shape index (κ1) is 22.9. The van der Waals surface area contributed by atoms with Gasteiger partial charge in [0.1, 0.15) is 29.9 Å². The molecular weight excluding hydrogens is 370 g/mol. The average Bonchev–Trinajstić information content (AvgIpc) is 2.99. The third-order valence-corrected chi connectivity index (χ3v) is 6.56. The van der Waals surface area contributed by atoms with Gasteiger partial charge in [-0.05, 0) is 39.0 Å². The molecule has 2 rings (SSSR count). The van der Waals surface area contributed by atoms with E-state index in [1.165, 1.54) is 11.8 Å². The Labute approximate surface area is 165 Å². The minimum atomic E-state index is -1.36. The highest BCUT2D eigenvalue weighted by Gasteiger charge is 2.48. The van der Waals surface area contributed by atoms with Crippen LogP contribution in [0.5, 0.6) is 0 Å². The van der Waals surface area contributed by atoms with Crippen molar-refractivity contribution < 1.29 is 24.9 Å². The van der Waals surface area contributed by atoms with Crippen LogP contribution in [-0.2, 0) is 9.53 Å². The molecule has 6 N–H and O–H groups in total. The van der Waals surface area contributed by atoms with E-state index in [9.17, 15) is 20.1 Å². The lowest BCUT2D eigenvalue weighted by Gasteiger charge is -2.44. The van der Waals surface area contributed by atoms with Crippen molar-refractivity contribution in [1.82, 2.24) is 10.2 Å². The van der Waals surface area contributed by atoms with Crippen LogP contribution < -0.4 is 11.1 Å². The second kappa shape index (κ2) is 9.87. The molecule has 158 valence electrons. The van der Waals surface area contributed by atoms with Gasteiger partial charge < -0.3 is 31.1 Å². The van der Waals surface area contributed by atoms with Crippen LogP contribution >= 0.6 is 11.8 Å². The van der Waals surface area contributed by atoms with Crippen LogP contribution in [0.4, 0.5) is 0 Å². The number of aliphatic hydroxyl groups excluding tert-OH is 3. The molecule has 27 heavy (non-hydrogen) atoms. The fourth-order valence-corrected chi connectivity index (χ4v) is 4.85. The topological polar surface area (TPSA) is 128 Å². The van der Waals surface area contributed by atoms with Crippen LogP contribution in [0.3, 0.4) is 0 Å². The highest BCUT2D eigenvalue weighted by atomic mass is 32.2. The first-order valence-corrected chi connectivity index (χ1v) is 11.0. The fourth-order valence-electron chi connectivity index (χ4n) is 4.17. The molecule has 4 unspecified atom stereocenters. The van der Waals surface area contributed by atoms with Crippen LogP contribution in [0, 0.1) is 5.92 Å². The summed E-state index contributed by atoms with van der Waals surface area (Å²) in [5.41, 5.74) is 5.38. The largest absolute Gasteiger partial charge is 0.388 e. The monoisotopic (exact) mass is 405 g/mol. The zero-order valence-corrected chi connectivity index (χ0v) is 17.4. The SMILES string of the molecule is CCCC1CC(C(=O)NC(C(C)N)[C@H]2O[C@H](SC)[C@H](O)[C@@H](O)[C@H]2O)N(C)C1. The number of nitrogens with two attached hydrogens (primary N) is 1. The molecule has 0 radical (unpaired) electrons. The van der Waals surface area contributed by atoms with Gasteiger partial charge in [0.05, 0.1) is 12.1 Å². The van der Waals surface area contributed by atoms with Gasteiger partial charge in [0, 0.05) is 12.6 Å². The molecule has 9 heteroatoms. The van der Waals surface area contributed by atoms with E-state index in [4.69, 9.17) is 10.5 Å². The van der Waals surface area contributed by atoms with Crippen LogP contribution in [0.2, 0.25) is 0 Å². The molecule has 2 fully saturated rings. The van der Waals surface area contributed by atoms with Gasteiger partial charge in [0.25, 0.3) is 0 Å². The van der Waals surface area contributed by atoms with Crippen molar-refractivity contribution in [2.24, 2.45) is 11.7 Å². The quantitative estimate of drug-likeness (QED) is 0.369. The van der Waals surface area contributed by atoms with E-state index in [-0.39, 0.29) is 11.9 Å². The minimum Gasteiger partial charge on any atom is -0.388 e. The number of aliphatic hydroxyl groups is 3. The predicted molar refractivity (Wildman–Crippen MR) is 105 cm³/mol. The van der Waals surface area contributed by atoms with Gasteiger partial charge in [0.2, 0.25) is 5.91 Å². The highest BCUT2D eigenvalue weighted by Crippen LogP contribution is 2.30. The summed E-state index contributed by atoms with van der Waals surface area (Å²) >= 11 is 1.24. The van der Waals surface area contributed by atoms with E-state index in [0.29, 0.717) is 5.92 Å². The lowest BCUT2D eigenvalue weighted by atomic mass is 9.91. The van der Waals surface area contributed by atoms with Crippen molar-refractivity contribution >= 4 is 17.7 Å². The fraction of sp³-hybridized carbons (Fsp3) is 0.944. The van der Waals surface area contributed by atoms with E-state index in [2.05, 4.69) is 17.1 Å². The highest BCUT2D eigenvalue weighted by molar-refractivity contribution is 7.99. The molecule has 0 aromatic heterocycles. The standard InChI is InChI=1S/C18H35N3O5S/c1-5-6-10-7-11(21(3)8-10)17(25)20-12(9(2)19)16-14(23)13(22)15(24)18(26-16)27-4/h9-16,18,22-24H,5-8,19H2,1-4H3,(H,20,25)/t9?,10?,11?,12?,13-,14+,15+,16+,18+/m0/s1. The number of amides is 1.